The van der Waals surface area contributed by atoms with E-state index in [1.165, 1.54) is 0 Å². The number of nitrogens with two attached hydrogens (primary N) is 1. The molecular formula is C10H12Cl2N2O. The molecule has 1 aromatic heterocycles. The topological polar surface area (TPSA) is 52.0 Å². The van der Waals surface area contributed by atoms with Gasteiger partial charge in [0.05, 0.1) is 6.20 Å². The van der Waals surface area contributed by atoms with Gasteiger partial charge in [-0.2, -0.15) is 0 Å². The third-order valence-electron chi connectivity index (χ3n) is 1.95. The summed E-state index contributed by atoms with van der Waals surface area (Å²) >= 11 is 0. The van der Waals surface area contributed by atoms with Gasteiger partial charge in [-0.15, -0.1) is 24.8 Å². The van der Waals surface area contributed by atoms with Crippen LogP contribution >= 0.6 is 24.8 Å². The standard InChI is InChI=1S/C10H10N2O.2ClH/c1-7-6-8(2-3-9(7)11)10-12-4-5-13-10;;/h2-6H,11H2,1H3;2*1H. The Morgan fingerprint density at radius 1 is 1.27 bits per heavy atom. The van der Waals surface area contributed by atoms with Gasteiger partial charge in [-0.3, -0.25) is 0 Å². The highest BCUT2D eigenvalue weighted by atomic mass is 35.5. The second-order valence-electron chi connectivity index (χ2n) is 2.91. The number of oxazole rings is 1. The van der Waals surface area contributed by atoms with Crippen molar-refractivity contribution in [1.29, 1.82) is 0 Å². The Hall–Kier alpha value is -1.19. The SMILES string of the molecule is Cc1cc(-c2ncco2)ccc1N.Cl.Cl. The van der Waals surface area contributed by atoms with E-state index in [0.717, 1.165) is 16.8 Å². The molecule has 0 fully saturated rings. The molecule has 2 aromatic rings. The Morgan fingerprint density at radius 3 is 2.53 bits per heavy atom. The van der Waals surface area contributed by atoms with Crippen molar-refractivity contribution in [2.45, 2.75) is 6.92 Å². The summed E-state index contributed by atoms with van der Waals surface area (Å²) in [6.45, 7) is 1.96. The quantitative estimate of drug-likeness (QED) is 0.788. The summed E-state index contributed by atoms with van der Waals surface area (Å²) in [5, 5.41) is 0. The van der Waals surface area contributed by atoms with Crippen LogP contribution in [0.4, 0.5) is 5.69 Å². The molecule has 1 aromatic carbocycles. The molecule has 5 heteroatoms. The van der Waals surface area contributed by atoms with Crippen LogP contribution in [0.3, 0.4) is 0 Å². The predicted octanol–water partition coefficient (Wildman–Crippen LogP) is 3.08. The van der Waals surface area contributed by atoms with E-state index in [2.05, 4.69) is 4.98 Å². The molecule has 0 bridgehead atoms. The van der Waals surface area contributed by atoms with E-state index < -0.39 is 0 Å². The lowest BCUT2D eigenvalue weighted by Gasteiger charge is -2.00. The lowest BCUT2D eigenvalue weighted by Crippen LogP contribution is -1.89. The fourth-order valence-electron chi connectivity index (χ4n) is 1.17. The Balaban J connectivity index is 0.000000980. The van der Waals surface area contributed by atoms with Crippen molar-refractivity contribution in [3.8, 4) is 11.5 Å². The van der Waals surface area contributed by atoms with Crippen LogP contribution in [-0.2, 0) is 0 Å². The number of hydrogen-bond donors (Lipinski definition) is 1. The van der Waals surface area contributed by atoms with E-state index in [0.29, 0.717) is 5.89 Å². The van der Waals surface area contributed by atoms with Crippen LogP contribution in [0.1, 0.15) is 5.56 Å². The van der Waals surface area contributed by atoms with Gasteiger partial charge in [-0.25, -0.2) is 4.98 Å². The van der Waals surface area contributed by atoms with Gasteiger partial charge in [-0.1, -0.05) is 0 Å². The van der Waals surface area contributed by atoms with Crippen LogP contribution < -0.4 is 5.73 Å². The van der Waals surface area contributed by atoms with Crippen molar-refractivity contribution >= 4 is 30.5 Å². The maximum absolute atomic E-state index is 5.69. The van der Waals surface area contributed by atoms with Gasteiger partial charge in [0, 0.05) is 11.3 Å². The fraction of sp³-hybridized carbons (Fsp3) is 0.100. The number of aryl methyl sites for hydroxylation is 1. The lowest BCUT2D eigenvalue weighted by molar-refractivity contribution is 0.574. The second-order valence-corrected chi connectivity index (χ2v) is 2.91. The predicted molar refractivity (Wildman–Crippen MR) is 65.6 cm³/mol. The molecule has 82 valence electrons. The maximum atomic E-state index is 5.69. The normalized spacial score (nSPS) is 8.87. The molecule has 0 unspecified atom stereocenters. The number of nitrogens with zero attached hydrogens (tertiary/aromatic N) is 1. The molecule has 0 atom stereocenters. The monoisotopic (exact) mass is 246 g/mol. The van der Waals surface area contributed by atoms with E-state index >= 15 is 0 Å². The number of aromatic nitrogens is 1. The highest BCUT2D eigenvalue weighted by Gasteiger charge is 2.02. The van der Waals surface area contributed by atoms with Crippen LogP contribution in [0, 0.1) is 6.92 Å². The minimum atomic E-state index is 0. The van der Waals surface area contributed by atoms with Gasteiger partial charge in [-0.05, 0) is 30.7 Å². The molecule has 0 saturated heterocycles. The molecule has 0 aliphatic rings. The summed E-state index contributed by atoms with van der Waals surface area (Å²) in [5.41, 5.74) is 8.47. The highest BCUT2D eigenvalue weighted by Crippen LogP contribution is 2.21. The zero-order chi connectivity index (χ0) is 9.26. The number of rotatable bonds is 1. The van der Waals surface area contributed by atoms with Crippen LogP contribution in [-0.4, -0.2) is 4.98 Å². The molecule has 0 amide bonds. The Labute approximate surface area is 101 Å². The number of nitrogen functional groups attached to an aromatic ring is 1. The summed E-state index contributed by atoms with van der Waals surface area (Å²) in [5.74, 6) is 0.628. The molecular weight excluding hydrogens is 235 g/mol. The summed E-state index contributed by atoms with van der Waals surface area (Å²) in [6, 6.07) is 5.71. The summed E-state index contributed by atoms with van der Waals surface area (Å²) in [7, 11) is 0. The molecule has 0 radical (unpaired) electrons. The van der Waals surface area contributed by atoms with E-state index in [1.54, 1.807) is 12.5 Å². The van der Waals surface area contributed by atoms with Gasteiger partial charge in [0.15, 0.2) is 0 Å². The lowest BCUT2D eigenvalue weighted by atomic mass is 10.1. The zero-order valence-corrected chi connectivity index (χ0v) is 9.77. The first kappa shape index (κ1) is 13.8. The van der Waals surface area contributed by atoms with E-state index in [-0.39, 0.29) is 24.8 Å². The molecule has 0 saturated carbocycles. The first-order chi connectivity index (χ1) is 6.27. The summed E-state index contributed by atoms with van der Waals surface area (Å²) < 4.78 is 5.16. The van der Waals surface area contributed by atoms with Crippen molar-refractivity contribution in [2.24, 2.45) is 0 Å². The van der Waals surface area contributed by atoms with Gasteiger partial charge >= 0.3 is 0 Å². The maximum Gasteiger partial charge on any atom is 0.225 e. The van der Waals surface area contributed by atoms with Crippen molar-refractivity contribution in [3.63, 3.8) is 0 Å². The minimum Gasteiger partial charge on any atom is -0.445 e. The van der Waals surface area contributed by atoms with E-state index in [1.807, 2.05) is 25.1 Å². The largest absolute Gasteiger partial charge is 0.445 e. The average Bonchev–Trinajstić information content (AvgIpc) is 2.62. The van der Waals surface area contributed by atoms with E-state index in [9.17, 15) is 0 Å². The van der Waals surface area contributed by atoms with Crippen molar-refractivity contribution < 1.29 is 4.42 Å². The number of benzene rings is 1. The first-order valence-electron chi connectivity index (χ1n) is 4.03. The molecule has 15 heavy (non-hydrogen) atoms. The van der Waals surface area contributed by atoms with Crippen molar-refractivity contribution in [2.75, 3.05) is 5.73 Å². The molecule has 0 aliphatic carbocycles. The van der Waals surface area contributed by atoms with Crippen molar-refractivity contribution in [1.82, 2.24) is 4.98 Å². The first-order valence-corrected chi connectivity index (χ1v) is 4.03. The number of hydrogen-bond acceptors (Lipinski definition) is 3. The van der Waals surface area contributed by atoms with Gasteiger partial charge in [0.1, 0.15) is 6.26 Å². The Kier molecular flexibility index (Phi) is 5.19. The average molecular weight is 247 g/mol. The third-order valence-corrected chi connectivity index (χ3v) is 1.95. The molecule has 2 N–H and O–H groups in total. The van der Waals surface area contributed by atoms with Crippen LogP contribution in [0.2, 0.25) is 0 Å². The molecule has 0 aliphatic heterocycles. The van der Waals surface area contributed by atoms with Gasteiger partial charge in [0.2, 0.25) is 5.89 Å². The zero-order valence-electron chi connectivity index (χ0n) is 8.14. The minimum absolute atomic E-state index is 0. The van der Waals surface area contributed by atoms with Crippen LogP contribution in [0.5, 0.6) is 0 Å². The van der Waals surface area contributed by atoms with Crippen LogP contribution in [0.25, 0.3) is 11.5 Å². The second kappa shape index (κ2) is 5.63. The van der Waals surface area contributed by atoms with Crippen molar-refractivity contribution in [3.05, 3.63) is 36.2 Å². The Morgan fingerprint density at radius 2 is 2.00 bits per heavy atom. The summed E-state index contributed by atoms with van der Waals surface area (Å²) in [6.07, 6.45) is 3.18. The number of anilines is 1. The van der Waals surface area contributed by atoms with E-state index in [4.69, 9.17) is 10.2 Å². The number of halogens is 2. The van der Waals surface area contributed by atoms with Gasteiger partial charge in [0.25, 0.3) is 0 Å². The van der Waals surface area contributed by atoms with Gasteiger partial charge < -0.3 is 10.2 Å². The summed E-state index contributed by atoms with van der Waals surface area (Å²) in [4.78, 5) is 4.05. The molecule has 1 heterocycles. The smallest absolute Gasteiger partial charge is 0.225 e. The third kappa shape index (κ3) is 2.88. The molecule has 2 rings (SSSR count). The Bertz CT molecular complexity index is 415. The molecule has 3 nitrogen and oxygen atoms in total. The highest BCUT2D eigenvalue weighted by molar-refractivity contribution is 5.85. The molecule has 0 spiro atoms. The fourth-order valence-corrected chi connectivity index (χ4v) is 1.17. The van der Waals surface area contributed by atoms with Crippen LogP contribution in [0.15, 0.2) is 35.1 Å².